The summed E-state index contributed by atoms with van der Waals surface area (Å²) in [6.07, 6.45) is 2.24. The predicted octanol–water partition coefficient (Wildman–Crippen LogP) is 6.31. The number of benzene rings is 1. The normalized spacial score (nSPS) is 12.3. The summed E-state index contributed by atoms with van der Waals surface area (Å²) in [5.41, 5.74) is 0.411. The average molecular weight is 576 g/mol. The minimum absolute atomic E-state index is 0.0819. The van der Waals surface area contributed by atoms with Crippen LogP contribution in [-0.4, -0.2) is 50.4 Å². The first kappa shape index (κ1) is 28.1. The molecule has 0 aliphatic carbocycles. The van der Waals surface area contributed by atoms with Gasteiger partial charge in [0.15, 0.2) is 5.13 Å². The highest BCUT2D eigenvalue weighted by molar-refractivity contribution is 7.19. The number of carboxylic acid groups (broad SMARTS) is 1. The summed E-state index contributed by atoms with van der Waals surface area (Å²) in [5.74, 6) is -1.45. The minimum atomic E-state index is -1.30. The largest absolute Gasteiger partial charge is 0.465 e. The highest BCUT2D eigenvalue weighted by Crippen LogP contribution is 2.33. The Morgan fingerprint density at radius 1 is 1.10 bits per heavy atom. The number of hydrogen-bond donors (Lipinski definition) is 2. The van der Waals surface area contributed by atoms with Crippen molar-refractivity contribution >= 4 is 51.0 Å². The van der Waals surface area contributed by atoms with Gasteiger partial charge in [-0.05, 0) is 55.8 Å². The average Bonchev–Trinajstić information content (AvgIpc) is 3.32. The van der Waals surface area contributed by atoms with Crippen molar-refractivity contribution in [2.24, 2.45) is 0 Å². The highest BCUT2D eigenvalue weighted by atomic mass is 35.5. The van der Waals surface area contributed by atoms with Crippen LogP contribution < -0.4 is 10.2 Å². The molecule has 0 fully saturated rings. The van der Waals surface area contributed by atoms with Gasteiger partial charge in [0.25, 0.3) is 0 Å². The van der Waals surface area contributed by atoms with Crippen molar-refractivity contribution in [2.45, 2.75) is 38.8 Å². The smallest absolute Gasteiger partial charge is 0.413 e. The molecule has 4 rings (SSSR count). The van der Waals surface area contributed by atoms with Gasteiger partial charge in [0, 0.05) is 30.0 Å². The van der Waals surface area contributed by atoms with E-state index in [1.54, 1.807) is 32.9 Å². The van der Waals surface area contributed by atoms with Gasteiger partial charge in [-0.15, -0.1) is 0 Å². The number of fused-ring (bicyclic) bond motifs is 1. The van der Waals surface area contributed by atoms with E-state index in [9.17, 15) is 23.5 Å². The number of nitrogens with zero attached hydrogens (tertiary/aromatic N) is 4. The van der Waals surface area contributed by atoms with E-state index < -0.39 is 35.7 Å². The van der Waals surface area contributed by atoms with Crippen molar-refractivity contribution in [2.75, 3.05) is 11.4 Å². The van der Waals surface area contributed by atoms with Crippen LogP contribution in [0.15, 0.2) is 48.9 Å². The van der Waals surface area contributed by atoms with Crippen LogP contribution in [0.2, 0.25) is 5.02 Å². The van der Waals surface area contributed by atoms with Crippen LogP contribution in [0.4, 0.5) is 23.5 Å². The molecule has 204 valence electrons. The zero-order valence-corrected chi connectivity index (χ0v) is 22.7. The van der Waals surface area contributed by atoms with E-state index in [-0.39, 0.29) is 23.1 Å². The number of ether oxygens (including phenoxy) is 1. The van der Waals surface area contributed by atoms with E-state index in [2.05, 4.69) is 20.3 Å². The van der Waals surface area contributed by atoms with E-state index >= 15 is 0 Å². The summed E-state index contributed by atoms with van der Waals surface area (Å²) in [5, 5.41) is 14.0. The maximum atomic E-state index is 13.6. The van der Waals surface area contributed by atoms with E-state index in [1.165, 1.54) is 30.7 Å². The lowest BCUT2D eigenvalue weighted by atomic mass is 10.1. The van der Waals surface area contributed by atoms with Gasteiger partial charge in [-0.1, -0.05) is 35.1 Å². The lowest BCUT2D eigenvalue weighted by Crippen LogP contribution is -2.48. The SMILES string of the molecule is CC(C)(C)OC(=O)N[C@@H](Cc1cnc(F)c(Cl)c1)CN(C(=O)O)c1ncc(-c2ccc3cnc(F)cc3c2)s1. The van der Waals surface area contributed by atoms with Crippen LogP contribution in [0.3, 0.4) is 0 Å². The summed E-state index contributed by atoms with van der Waals surface area (Å²) < 4.78 is 32.5. The number of alkyl carbamates (subject to hydrolysis) is 1. The Morgan fingerprint density at radius 2 is 1.87 bits per heavy atom. The number of hydrogen-bond acceptors (Lipinski definition) is 7. The van der Waals surface area contributed by atoms with Crippen molar-refractivity contribution in [3.8, 4) is 10.4 Å². The molecule has 0 unspecified atom stereocenters. The van der Waals surface area contributed by atoms with Crippen LogP contribution in [0.5, 0.6) is 0 Å². The van der Waals surface area contributed by atoms with Gasteiger partial charge in [-0.2, -0.15) is 8.78 Å². The second-order valence-corrected chi connectivity index (χ2v) is 11.0. The summed E-state index contributed by atoms with van der Waals surface area (Å²) in [7, 11) is 0. The fourth-order valence-electron chi connectivity index (χ4n) is 3.74. The van der Waals surface area contributed by atoms with Crippen molar-refractivity contribution in [1.29, 1.82) is 0 Å². The predicted molar refractivity (Wildman–Crippen MR) is 144 cm³/mol. The Bertz CT molecular complexity index is 1530. The Balaban J connectivity index is 1.60. The minimum Gasteiger partial charge on any atom is -0.465 e. The summed E-state index contributed by atoms with van der Waals surface area (Å²) in [6.45, 7) is 4.89. The zero-order chi connectivity index (χ0) is 28.3. The molecule has 3 heterocycles. The molecule has 0 aliphatic rings. The number of nitrogens with one attached hydrogen (secondary N) is 1. The number of aromatic nitrogens is 3. The lowest BCUT2D eigenvalue weighted by Gasteiger charge is -2.26. The van der Waals surface area contributed by atoms with E-state index in [0.29, 0.717) is 15.8 Å². The Kier molecular flexibility index (Phi) is 8.26. The molecule has 1 atom stereocenters. The maximum absolute atomic E-state index is 13.6. The number of carbonyl (C=O) groups is 2. The van der Waals surface area contributed by atoms with Gasteiger partial charge < -0.3 is 15.2 Å². The number of amides is 2. The fourth-order valence-corrected chi connectivity index (χ4v) is 4.85. The van der Waals surface area contributed by atoms with Crippen molar-refractivity contribution in [1.82, 2.24) is 20.3 Å². The quantitative estimate of drug-likeness (QED) is 0.248. The first-order valence-corrected chi connectivity index (χ1v) is 12.9. The van der Waals surface area contributed by atoms with Crippen LogP contribution in [0.1, 0.15) is 26.3 Å². The molecular weight excluding hydrogens is 552 g/mol. The van der Waals surface area contributed by atoms with Gasteiger partial charge in [-0.3, -0.25) is 4.90 Å². The Labute approximate surface area is 231 Å². The Hall–Kier alpha value is -3.90. The summed E-state index contributed by atoms with van der Waals surface area (Å²) in [4.78, 5) is 38.0. The third kappa shape index (κ3) is 7.36. The number of carbonyl (C=O) groups excluding carboxylic acids is 1. The molecule has 2 amide bonds. The molecule has 13 heteroatoms. The van der Waals surface area contributed by atoms with Crippen LogP contribution >= 0.6 is 22.9 Å². The molecule has 9 nitrogen and oxygen atoms in total. The fraction of sp³-hybridized carbons (Fsp3) is 0.269. The maximum Gasteiger partial charge on any atom is 0.413 e. The first-order valence-electron chi connectivity index (χ1n) is 11.7. The van der Waals surface area contributed by atoms with Crippen molar-refractivity contribution < 1.29 is 28.2 Å². The molecule has 0 radical (unpaired) electrons. The summed E-state index contributed by atoms with van der Waals surface area (Å²) in [6, 6.07) is 7.23. The van der Waals surface area contributed by atoms with Crippen LogP contribution in [0.25, 0.3) is 21.2 Å². The first-order chi connectivity index (χ1) is 18.4. The number of pyridine rings is 2. The molecule has 2 N–H and O–H groups in total. The number of rotatable bonds is 7. The zero-order valence-electron chi connectivity index (χ0n) is 21.1. The molecule has 1 aromatic carbocycles. The highest BCUT2D eigenvalue weighted by Gasteiger charge is 2.27. The molecule has 0 aliphatic heterocycles. The van der Waals surface area contributed by atoms with Gasteiger partial charge in [0.05, 0.1) is 22.5 Å². The molecule has 0 saturated heterocycles. The molecule has 0 spiro atoms. The van der Waals surface area contributed by atoms with Gasteiger partial charge >= 0.3 is 12.2 Å². The third-order valence-corrected chi connectivity index (χ3v) is 6.72. The second kappa shape index (κ2) is 11.5. The lowest BCUT2D eigenvalue weighted by molar-refractivity contribution is 0.0505. The number of anilines is 1. The summed E-state index contributed by atoms with van der Waals surface area (Å²) >= 11 is 6.98. The van der Waals surface area contributed by atoms with E-state index in [4.69, 9.17) is 16.3 Å². The van der Waals surface area contributed by atoms with Crippen LogP contribution in [-0.2, 0) is 11.2 Å². The van der Waals surface area contributed by atoms with E-state index in [0.717, 1.165) is 27.2 Å². The van der Waals surface area contributed by atoms with E-state index in [1.807, 2.05) is 6.07 Å². The molecule has 39 heavy (non-hydrogen) atoms. The number of thiazole rings is 1. The van der Waals surface area contributed by atoms with Crippen molar-refractivity contribution in [3.05, 3.63) is 71.4 Å². The standard InChI is InChI=1S/C26H24ClF2N5O4S/c1-26(2,3)38-24(35)33-18(6-14-7-19(27)22(29)31-10-14)13-34(25(36)37)23-32-12-20(39-23)15-4-5-16-11-30-21(28)9-17(16)8-15/h4-5,7-12,18H,6,13H2,1-3H3,(H,33,35)(H,36,37)/t18-/m0/s1. The molecular formula is C26H24ClF2N5O4S. The molecule has 4 aromatic rings. The van der Waals surface area contributed by atoms with Crippen LogP contribution in [0, 0.1) is 11.9 Å². The Morgan fingerprint density at radius 3 is 2.56 bits per heavy atom. The second-order valence-electron chi connectivity index (χ2n) is 9.63. The topological polar surface area (TPSA) is 118 Å². The van der Waals surface area contributed by atoms with Gasteiger partial charge in [0.1, 0.15) is 5.60 Å². The molecule has 0 saturated carbocycles. The molecule has 3 aromatic heterocycles. The van der Waals surface area contributed by atoms with Gasteiger partial charge in [-0.25, -0.2) is 24.5 Å². The van der Waals surface area contributed by atoms with Crippen molar-refractivity contribution in [3.63, 3.8) is 0 Å². The monoisotopic (exact) mass is 575 g/mol. The van der Waals surface area contributed by atoms with Gasteiger partial charge in [0.2, 0.25) is 11.9 Å². The third-order valence-electron chi connectivity index (χ3n) is 5.39. The molecule has 0 bridgehead atoms. The number of halogens is 3.